The SMILES string of the molecule is CCCCOc1cccc(/C=N/NC(=O)c2ccc(Cl)cc2)c1. The molecule has 120 valence electrons. The van der Waals surface area contributed by atoms with Gasteiger partial charge in [0.2, 0.25) is 0 Å². The second-order valence-corrected chi connectivity index (χ2v) is 5.42. The predicted octanol–water partition coefficient (Wildman–Crippen LogP) is 4.28. The van der Waals surface area contributed by atoms with Gasteiger partial charge in [0.25, 0.3) is 5.91 Å². The van der Waals surface area contributed by atoms with E-state index in [1.807, 2.05) is 24.3 Å². The summed E-state index contributed by atoms with van der Waals surface area (Å²) < 4.78 is 5.63. The zero-order valence-corrected chi connectivity index (χ0v) is 13.7. The van der Waals surface area contributed by atoms with Crippen LogP contribution < -0.4 is 10.2 Å². The lowest BCUT2D eigenvalue weighted by molar-refractivity contribution is 0.0955. The van der Waals surface area contributed by atoms with Crippen molar-refractivity contribution in [3.8, 4) is 5.75 Å². The molecule has 0 fully saturated rings. The first-order valence-electron chi connectivity index (χ1n) is 7.51. The number of hydrazone groups is 1. The fourth-order valence-corrected chi connectivity index (χ4v) is 1.98. The molecule has 5 heteroatoms. The lowest BCUT2D eigenvalue weighted by Gasteiger charge is -2.05. The highest BCUT2D eigenvalue weighted by Gasteiger charge is 2.03. The number of amides is 1. The third-order valence-electron chi connectivity index (χ3n) is 3.11. The minimum Gasteiger partial charge on any atom is -0.494 e. The van der Waals surface area contributed by atoms with Gasteiger partial charge in [-0.15, -0.1) is 0 Å². The van der Waals surface area contributed by atoms with E-state index in [1.165, 1.54) is 0 Å². The Morgan fingerprint density at radius 2 is 2.04 bits per heavy atom. The van der Waals surface area contributed by atoms with Crippen molar-refractivity contribution in [1.82, 2.24) is 5.43 Å². The van der Waals surface area contributed by atoms with Gasteiger partial charge >= 0.3 is 0 Å². The van der Waals surface area contributed by atoms with Gasteiger partial charge in [-0.2, -0.15) is 5.10 Å². The average Bonchev–Trinajstić information content (AvgIpc) is 2.56. The van der Waals surface area contributed by atoms with E-state index < -0.39 is 0 Å². The summed E-state index contributed by atoms with van der Waals surface area (Å²) in [5.41, 5.74) is 3.85. The Labute approximate surface area is 141 Å². The Morgan fingerprint density at radius 1 is 1.26 bits per heavy atom. The number of hydrogen-bond donors (Lipinski definition) is 1. The van der Waals surface area contributed by atoms with E-state index >= 15 is 0 Å². The summed E-state index contributed by atoms with van der Waals surface area (Å²) >= 11 is 5.79. The standard InChI is InChI=1S/C18H19ClN2O2/c1-2-3-11-23-17-6-4-5-14(12-17)13-20-21-18(22)15-7-9-16(19)10-8-15/h4-10,12-13H,2-3,11H2,1H3,(H,21,22)/b20-13+. The van der Waals surface area contributed by atoms with Gasteiger partial charge < -0.3 is 4.74 Å². The molecule has 0 aliphatic heterocycles. The van der Waals surface area contributed by atoms with Gasteiger partial charge in [0.15, 0.2) is 0 Å². The number of carbonyl (C=O) groups is 1. The fraction of sp³-hybridized carbons (Fsp3) is 0.222. The highest BCUT2D eigenvalue weighted by Crippen LogP contribution is 2.12. The molecule has 0 bridgehead atoms. The smallest absolute Gasteiger partial charge is 0.271 e. The zero-order chi connectivity index (χ0) is 16.5. The lowest BCUT2D eigenvalue weighted by atomic mass is 10.2. The van der Waals surface area contributed by atoms with Crippen LogP contribution in [0.4, 0.5) is 0 Å². The molecule has 0 heterocycles. The van der Waals surface area contributed by atoms with Gasteiger partial charge in [-0.05, 0) is 48.4 Å². The highest BCUT2D eigenvalue weighted by atomic mass is 35.5. The Hall–Kier alpha value is -2.33. The van der Waals surface area contributed by atoms with Crippen molar-refractivity contribution in [2.24, 2.45) is 5.10 Å². The van der Waals surface area contributed by atoms with Crippen molar-refractivity contribution in [3.63, 3.8) is 0 Å². The number of halogens is 1. The highest BCUT2D eigenvalue weighted by molar-refractivity contribution is 6.30. The van der Waals surface area contributed by atoms with Crippen molar-refractivity contribution >= 4 is 23.7 Å². The van der Waals surface area contributed by atoms with Crippen LogP contribution in [0.3, 0.4) is 0 Å². The molecular weight excluding hydrogens is 312 g/mol. The number of benzene rings is 2. The molecule has 0 saturated carbocycles. The third-order valence-corrected chi connectivity index (χ3v) is 3.36. The number of hydrogen-bond acceptors (Lipinski definition) is 3. The molecule has 1 amide bonds. The van der Waals surface area contributed by atoms with Crippen LogP contribution in [0.2, 0.25) is 5.02 Å². The second-order valence-electron chi connectivity index (χ2n) is 4.98. The van der Waals surface area contributed by atoms with Crippen molar-refractivity contribution in [3.05, 3.63) is 64.7 Å². The quantitative estimate of drug-likeness (QED) is 0.468. The minimum atomic E-state index is -0.284. The van der Waals surface area contributed by atoms with E-state index in [2.05, 4.69) is 17.5 Å². The zero-order valence-electron chi connectivity index (χ0n) is 13.0. The summed E-state index contributed by atoms with van der Waals surface area (Å²) in [5, 5.41) is 4.55. The maximum Gasteiger partial charge on any atom is 0.271 e. The molecule has 2 aromatic carbocycles. The maximum absolute atomic E-state index is 11.9. The summed E-state index contributed by atoms with van der Waals surface area (Å²) in [5.74, 6) is 0.514. The van der Waals surface area contributed by atoms with Crippen LogP contribution in [-0.4, -0.2) is 18.7 Å². The van der Waals surface area contributed by atoms with Gasteiger partial charge in [0.1, 0.15) is 5.75 Å². The van der Waals surface area contributed by atoms with E-state index in [1.54, 1.807) is 30.5 Å². The molecule has 0 spiro atoms. The molecule has 0 saturated heterocycles. The number of carbonyl (C=O) groups excluding carboxylic acids is 1. The van der Waals surface area contributed by atoms with E-state index in [-0.39, 0.29) is 5.91 Å². The Balaban J connectivity index is 1.91. The molecule has 2 aromatic rings. The number of nitrogens with zero attached hydrogens (tertiary/aromatic N) is 1. The van der Waals surface area contributed by atoms with E-state index in [0.29, 0.717) is 17.2 Å². The van der Waals surface area contributed by atoms with Crippen molar-refractivity contribution in [2.45, 2.75) is 19.8 Å². The van der Waals surface area contributed by atoms with Crippen molar-refractivity contribution in [1.29, 1.82) is 0 Å². The number of unbranched alkanes of at least 4 members (excludes halogenated alkanes) is 1. The maximum atomic E-state index is 11.9. The van der Waals surface area contributed by atoms with E-state index in [9.17, 15) is 4.79 Å². The molecule has 4 nitrogen and oxygen atoms in total. The lowest BCUT2D eigenvalue weighted by Crippen LogP contribution is -2.17. The molecule has 0 atom stereocenters. The molecule has 0 unspecified atom stereocenters. The molecule has 0 radical (unpaired) electrons. The first kappa shape index (κ1) is 17.0. The van der Waals surface area contributed by atoms with Crippen LogP contribution in [-0.2, 0) is 0 Å². The second kappa shape index (κ2) is 8.96. The molecule has 2 rings (SSSR count). The summed E-state index contributed by atoms with van der Waals surface area (Å²) in [6.07, 6.45) is 3.70. The summed E-state index contributed by atoms with van der Waals surface area (Å²) in [6, 6.07) is 14.2. The largest absolute Gasteiger partial charge is 0.494 e. The Kier molecular flexibility index (Phi) is 6.63. The third kappa shape index (κ3) is 5.75. The Bertz CT molecular complexity index is 669. The molecule has 23 heavy (non-hydrogen) atoms. The van der Waals surface area contributed by atoms with Crippen LogP contribution in [0.25, 0.3) is 0 Å². The van der Waals surface area contributed by atoms with Crippen molar-refractivity contribution < 1.29 is 9.53 Å². The average molecular weight is 331 g/mol. The molecule has 0 aromatic heterocycles. The topological polar surface area (TPSA) is 50.7 Å². The monoisotopic (exact) mass is 330 g/mol. The summed E-state index contributed by atoms with van der Waals surface area (Å²) in [7, 11) is 0. The van der Waals surface area contributed by atoms with Gasteiger partial charge in [-0.3, -0.25) is 4.79 Å². The molecular formula is C18H19ClN2O2. The van der Waals surface area contributed by atoms with E-state index in [0.717, 1.165) is 24.2 Å². The molecule has 1 N–H and O–H groups in total. The summed E-state index contributed by atoms with van der Waals surface area (Å²) in [4.78, 5) is 11.9. The Morgan fingerprint density at radius 3 is 2.78 bits per heavy atom. The first-order valence-corrected chi connectivity index (χ1v) is 7.88. The molecule has 0 aliphatic carbocycles. The van der Waals surface area contributed by atoms with Crippen LogP contribution in [0.15, 0.2) is 53.6 Å². The van der Waals surface area contributed by atoms with Crippen molar-refractivity contribution in [2.75, 3.05) is 6.61 Å². The van der Waals surface area contributed by atoms with Gasteiger partial charge in [0, 0.05) is 10.6 Å². The predicted molar refractivity (Wildman–Crippen MR) is 93.4 cm³/mol. The number of rotatable bonds is 7. The fourth-order valence-electron chi connectivity index (χ4n) is 1.85. The van der Waals surface area contributed by atoms with Gasteiger partial charge in [-0.1, -0.05) is 37.1 Å². The number of nitrogens with one attached hydrogen (secondary N) is 1. The van der Waals surface area contributed by atoms with Crippen LogP contribution >= 0.6 is 11.6 Å². The van der Waals surface area contributed by atoms with Crippen LogP contribution in [0.5, 0.6) is 5.75 Å². The number of ether oxygens (including phenoxy) is 1. The van der Waals surface area contributed by atoms with Crippen LogP contribution in [0.1, 0.15) is 35.7 Å². The van der Waals surface area contributed by atoms with Gasteiger partial charge in [0.05, 0.1) is 12.8 Å². The van der Waals surface area contributed by atoms with E-state index in [4.69, 9.17) is 16.3 Å². The van der Waals surface area contributed by atoms with Crippen LogP contribution in [0, 0.1) is 0 Å². The summed E-state index contributed by atoms with van der Waals surface area (Å²) in [6.45, 7) is 2.82. The van der Waals surface area contributed by atoms with Gasteiger partial charge in [-0.25, -0.2) is 5.43 Å². The minimum absolute atomic E-state index is 0.284. The first-order chi connectivity index (χ1) is 11.2. The molecule has 0 aliphatic rings. The normalized spacial score (nSPS) is 10.7.